The molecule has 4 heteroatoms. The van der Waals surface area contributed by atoms with Crippen LogP contribution in [0.5, 0.6) is 0 Å². The SMILES string of the molecule is Cc1nn(C)c(C)c1CNc1ccccc1F. The van der Waals surface area contributed by atoms with E-state index in [0.29, 0.717) is 12.2 Å². The zero-order valence-corrected chi connectivity index (χ0v) is 10.3. The van der Waals surface area contributed by atoms with Gasteiger partial charge in [0, 0.05) is 24.8 Å². The van der Waals surface area contributed by atoms with E-state index in [9.17, 15) is 4.39 Å². The summed E-state index contributed by atoms with van der Waals surface area (Å²) in [6.45, 7) is 4.57. The fraction of sp³-hybridized carbons (Fsp3) is 0.308. The van der Waals surface area contributed by atoms with E-state index < -0.39 is 0 Å². The normalized spacial score (nSPS) is 10.6. The van der Waals surface area contributed by atoms with Crippen molar-refractivity contribution < 1.29 is 4.39 Å². The van der Waals surface area contributed by atoms with Gasteiger partial charge in [0.25, 0.3) is 0 Å². The minimum absolute atomic E-state index is 0.230. The minimum atomic E-state index is -0.230. The molecule has 0 saturated carbocycles. The summed E-state index contributed by atoms with van der Waals surface area (Å²) in [5.74, 6) is -0.230. The van der Waals surface area contributed by atoms with Gasteiger partial charge in [-0.2, -0.15) is 5.10 Å². The number of hydrogen-bond acceptors (Lipinski definition) is 2. The lowest BCUT2D eigenvalue weighted by atomic mass is 10.2. The topological polar surface area (TPSA) is 29.9 Å². The first-order valence-electron chi connectivity index (χ1n) is 5.57. The molecular formula is C13H16FN3. The molecule has 17 heavy (non-hydrogen) atoms. The van der Waals surface area contributed by atoms with Crippen LogP contribution in [0, 0.1) is 19.7 Å². The molecule has 1 N–H and O–H groups in total. The molecule has 1 heterocycles. The van der Waals surface area contributed by atoms with E-state index in [1.807, 2.05) is 31.6 Å². The highest BCUT2D eigenvalue weighted by molar-refractivity contribution is 5.45. The smallest absolute Gasteiger partial charge is 0.146 e. The number of rotatable bonds is 3. The van der Waals surface area contributed by atoms with Crippen LogP contribution >= 0.6 is 0 Å². The van der Waals surface area contributed by atoms with Gasteiger partial charge in [-0.1, -0.05) is 12.1 Å². The Morgan fingerprint density at radius 3 is 2.59 bits per heavy atom. The summed E-state index contributed by atoms with van der Waals surface area (Å²) >= 11 is 0. The van der Waals surface area contributed by atoms with Gasteiger partial charge in [-0.25, -0.2) is 4.39 Å². The van der Waals surface area contributed by atoms with Gasteiger partial charge < -0.3 is 5.32 Å². The maximum Gasteiger partial charge on any atom is 0.146 e. The second-order valence-corrected chi connectivity index (χ2v) is 4.11. The number of benzene rings is 1. The van der Waals surface area contributed by atoms with Gasteiger partial charge in [0.2, 0.25) is 0 Å². The zero-order chi connectivity index (χ0) is 12.4. The summed E-state index contributed by atoms with van der Waals surface area (Å²) in [4.78, 5) is 0. The largest absolute Gasteiger partial charge is 0.378 e. The second-order valence-electron chi connectivity index (χ2n) is 4.11. The standard InChI is InChI=1S/C13H16FN3/c1-9-11(10(2)17(3)16-9)8-15-13-7-5-4-6-12(13)14/h4-7,15H,8H2,1-3H3. The van der Waals surface area contributed by atoms with Gasteiger partial charge in [-0.05, 0) is 26.0 Å². The number of aryl methyl sites for hydroxylation is 2. The van der Waals surface area contributed by atoms with Crippen LogP contribution in [0.1, 0.15) is 17.0 Å². The van der Waals surface area contributed by atoms with Gasteiger partial charge in [0.15, 0.2) is 0 Å². The second kappa shape index (κ2) is 4.57. The van der Waals surface area contributed by atoms with Crippen molar-refractivity contribution in [3.05, 3.63) is 47.0 Å². The van der Waals surface area contributed by atoms with Crippen LogP contribution in [-0.2, 0) is 13.6 Å². The third-order valence-electron chi connectivity index (χ3n) is 2.99. The maximum atomic E-state index is 13.4. The molecule has 0 aliphatic carbocycles. The maximum absolute atomic E-state index is 13.4. The Morgan fingerprint density at radius 1 is 1.29 bits per heavy atom. The van der Waals surface area contributed by atoms with E-state index in [2.05, 4.69) is 10.4 Å². The monoisotopic (exact) mass is 233 g/mol. The number of nitrogens with zero attached hydrogens (tertiary/aromatic N) is 2. The summed E-state index contributed by atoms with van der Waals surface area (Å²) in [6.07, 6.45) is 0. The lowest BCUT2D eigenvalue weighted by molar-refractivity contribution is 0.630. The molecule has 3 nitrogen and oxygen atoms in total. The number of halogens is 1. The lowest BCUT2D eigenvalue weighted by Crippen LogP contribution is -2.03. The number of para-hydroxylation sites is 1. The first-order chi connectivity index (χ1) is 8.09. The van der Waals surface area contributed by atoms with Crippen molar-refractivity contribution >= 4 is 5.69 Å². The van der Waals surface area contributed by atoms with Crippen LogP contribution in [0.3, 0.4) is 0 Å². The summed E-state index contributed by atoms with van der Waals surface area (Å²) in [5, 5.41) is 7.42. The summed E-state index contributed by atoms with van der Waals surface area (Å²) in [6, 6.07) is 6.68. The third kappa shape index (κ3) is 2.30. The molecule has 0 unspecified atom stereocenters. The number of aromatic nitrogens is 2. The molecule has 0 saturated heterocycles. The first-order valence-corrected chi connectivity index (χ1v) is 5.57. The Morgan fingerprint density at radius 2 is 2.00 bits per heavy atom. The predicted molar refractivity (Wildman–Crippen MR) is 66.4 cm³/mol. The molecule has 90 valence electrons. The van der Waals surface area contributed by atoms with Crippen molar-refractivity contribution in [3.8, 4) is 0 Å². The van der Waals surface area contributed by atoms with Gasteiger partial charge in [-0.3, -0.25) is 4.68 Å². The molecule has 2 aromatic rings. The van der Waals surface area contributed by atoms with Crippen LogP contribution in [-0.4, -0.2) is 9.78 Å². The van der Waals surface area contributed by atoms with Crippen molar-refractivity contribution in [3.63, 3.8) is 0 Å². The highest BCUT2D eigenvalue weighted by Crippen LogP contribution is 2.17. The Kier molecular flexibility index (Phi) is 3.13. The molecule has 0 aliphatic rings. The van der Waals surface area contributed by atoms with Gasteiger partial charge >= 0.3 is 0 Å². The van der Waals surface area contributed by atoms with Gasteiger partial charge in [0.05, 0.1) is 11.4 Å². The number of nitrogens with one attached hydrogen (secondary N) is 1. The van der Waals surface area contributed by atoms with Crippen LogP contribution in [0.25, 0.3) is 0 Å². The molecule has 0 atom stereocenters. The molecular weight excluding hydrogens is 217 g/mol. The summed E-state index contributed by atoms with van der Waals surface area (Å²) in [5.41, 5.74) is 3.73. The van der Waals surface area contributed by atoms with Crippen molar-refractivity contribution in [1.29, 1.82) is 0 Å². The van der Waals surface area contributed by atoms with E-state index in [1.54, 1.807) is 12.1 Å². The summed E-state index contributed by atoms with van der Waals surface area (Å²) < 4.78 is 15.3. The van der Waals surface area contributed by atoms with Crippen molar-refractivity contribution in [2.75, 3.05) is 5.32 Å². The quantitative estimate of drug-likeness (QED) is 0.883. The molecule has 2 rings (SSSR count). The van der Waals surface area contributed by atoms with Crippen LogP contribution in [0.15, 0.2) is 24.3 Å². The highest BCUT2D eigenvalue weighted by Gasteiger charge is 2.09. The minimum Gasteiger partial charge on any atom is -0.378 e. The van der Waals surface area contributed by atoms with Gasteiger partial charge in [0.1, 0.15) is 5.82 Å². The fourth-order valence-electron chi connectivity index (χ4n) is 1.86. The molecule has 1 aromatic heterocycles. The molecule has 0 aliphatic heterocycles. The number of anilines is 1. The Labute approximate surface area is 100 Å². The molecule has 0 radical (unpaired) electrons. The van der Waals surface area contributed by atoms with E-state index in [4.69, 9.17) is 0 Å². The Balaban J connectivity index is 2.15. The Hall–Kier alpha value is -1.84. The average molecular weight is 233 g/mol. The fourth-order valence-corrected chi connectivity index (χ4v) is 1.86. The average Bonchev–Trinajstić information content (AvgIpc) is 2.53. The molecule has 0 bridgehead atoms. The van der Waals surface area contributed by atoms with Crippen LogP contribution in [0.4, 0.5) is 10.1 Å². The van der Waals surface area contributed by atoms with Crippen molar-refractivity contribution in [1.82, 2.24) is 9.78 Å². The molecule has 0 amide bonds. The lowest BCUT2D eigenvalue weighted by Gasteiger charge is -2.07. The molecule has 0 fully saturated rings. The Bertz CT molecular complexity index is 531. The van der Waals surface area contributed by atoms with E-state index in [-0.39, 0.29) is 5.82 Å². The van der Waals surface area contributed by atoms with Crippen molar-refractivity contribution in [2.24, 2.45) is 7.05 Å². The van der Waals surface area contributed by atoms with Crippen LogP contribution < -0.4 is 5.32 Å². The van der Waals surface area contributed by atoms with Gasteiger partial charge in [-0.15, -0.1) is 0 Å². The van der Waals surface area contributed by atoms with E-state index in [1.165, 1.54) is 6.07 Å². The van der Waals surface area contributed by atoms with Crippen LogP contribution in [0.2, 0.25) is 0 Å². The third-order valence-corrected chi connectivity index (χ3v) is 2.99. The van der Waals surface area contributed by atoms with E-state index >= 15 is 0 Å². The first kappa shape index (κ1) is 11.6. The zero-order valence-electron chi connectivity index (χ0n) is 10.3. The molecule has 0 spiro atoms. The van der Waals surface area contributed by atoms with Crippen molar-refractivity contribution in [2.45, 2.75) is 20.4 Å². The summed E-state index contributed by atoms with van der Waals surface area (Å²) in [7, 11) is 1.91. The van der Waals surface area contributed by atoms with E-state index in [0.717, 1.165) is 17.0 Å². The highest BCUT2D eigenvalue weighted by atomic mass is 19.1. The molecule has 1 aromatic carbocycles. The number of hydrogen-bond donors (Lipinski definition) is 1. The predicted octanol–water partition coefficient (Wildman–Crippen LogP) is 2.79.